The molecule has 7 nitrogen and oxygen atoms in total. The highest BCUT2D eigenvalue weighted by Gasteiger charge is 2.13. The van der Waals surface area contributed by atoms with Crippen molar-refractivity contribution in [3.05, 3.63) is 59.7 Å². The minimum absolute atomic E-state index is 0.00804. The first-order valence-electron chi connectivity index (χ1n) is 10.5. The Morgan fingerprint density at radius 1 is 1.09 bits per heavy atom. The van der Waals surface area contributed by atoms with Crippen LogP contribution in [0.25, 0.3) is 6.08 Å². The molecule has 2 aromatic carbocycles. The van der Waals surface area contributed by atoms with E-state index in [1.165, 1.54) is 13.2 Å². The number of hydrogen-bond acceptors (Lipinski definition) is 6. The highest BCUT2D eigenvalue weighted by molar-refractivity contribution is 6.01. The number of unbranched alkanes of at least 4 members (excludes halogenated alkanes) is 1. The van der Waals surface area contributed by atoms with Crippen LogP contribution in [0.5, 0.6) is 17.2 Å². The van der Waals surface area contributed by atoms with Crippen LogP contribution in [0.2, 0.25) is 0 Å². The van der Waals surface area contributed by atoms with Gasteiger partial charge in [0.05, 0.1) is 13.7 Å². The zero-order valence-electron chi connectivity index (χ0n) is 18.4. The molecule has 2 rings (SSSR count). The van der Waals surface area contributed by atoms with E-state index in [2.05, 4.69) is 5.32 Å². The molecule has 0 aromatic heterocycles. The average molecular weight is 437 g/mol. The van der Waals surface area contributed by atoms with E-state index in [0.29, 0.717) is 30.9 Å². The number of nitrogens with one attached hydrogen (secondary N) is 1. The molecule has 32 heavy (non-hydrogen) atoms. The molecule has 168 valence electrons. The second-order valence-corrected chi connectivity index (χ2v) is 6.93. The molecular weight excluding hydrogens is 408 g/mol. The zero-order valence-corrected chi connectivity index (χ0v) is 18.4. The number of nitriles is 1. The average Bonchev–Trinajstić information content (AvgIpc) is 2.81. The molecule has 1 amide bonds. The van der Waals surface area contributed by atoms with Gasteiger partial charge in [0.15, 0.2) is 11.5 Å². The van der Waals surface area contributed by atoms with Gasteiger partial charge in [-0.1, -0.05) is 37.6 Å². The lowest BCUT2D eigenvalue weighted by atomic mass is 10.1. The molecule has 0 saturated heterocycles. The van der Waals surface area contributed by atoms with Crippen LogP contribution < -0.4 is 19.5 Å². The van der Waals surface area contributed by atoms with Crippen LogP contribution in [0.15, 0.2) is 54.1 Å². The molecular formula is C25H28N2O5. The number of ether oxygens (including phenoxy) is 3. The molecule has 0 bridgehead atoms. The van der Waals surface area contributed by atoms with Crippen molar-refractivity contribution >= 4 is 18.0 Å². The summed E-state index contributed by atoms with van der Waals surface area (Å²) >= 11 is 0. The number of rotatable bonds is 12. The quantitative estimate of drug-likeness (QED) is 0.175. The number of amides is 1. The van der Waals surface area contributed by atoms with E-state index in [4.69, 9.17) is 14.2 Å². The molecule has 0 saturated carbocycles. The van der Waals surface area contributed by atoms with Crippen molar-refractivity contribution in [3.63, 3.8) is 0 Å². The van der Waals surface area contributed by atoms with Crippen LogP contribution in [0, 0.1) is 11.3 Å². The summed E-state index contributed by atoms with van der Waals surface area (Å²) in [6.45, 7) is 2.94. The fourth-order valence-electron chi connectivity index (χ4n) is 2.74. The summed E-state index contributed by atoms with van der Waals surface area (Å²) in [6, 6.07) is 16.1. The predicted molar refractivity (Wildman–Crippen MR) is 121 cm³/mol. The van der Waals surface area contributed by atoms with Gasteiger partial charge in [-0.3, -0.25) is 9.59 Å². The predicted octanol–water partition coefficient (Wildman–Crippen LogP) is 4.28. The topological polar surface area (TPSA) is 97.7 Å². The van der Waals surface area contributed by atoms with E-state index in [1.54, 1.807) is 18.2 Å². The summed E-state index contributed by atoms with van der Waals surface area (Å²) in [5, 5.41) is 12.0. The SMILES string of the molecule is CCCCNC(=O)/C(C#N)=C/c1ccc(OC(=O)CCCOc2ccccc2)c(OC)c1. The van der Waals surface area contributed by atoms with Gasteiger partial charge in [0, 0.05) is 13.0 Å². The van der Waals surface area contributed by atoms with Gasteiger partial charge in [-0.25, -0.2) is 0 Å². The van der Waals surface area contributed by atoms with Crippen LogP contribution in [-0.4, -0.2) is 32.1 Å². The van der Waals surface area contributed by atoms with Crippen molar-refractivity contribution in [2.45, 2.75) is 32.6 Å². The number of benzene rings is 2. The number of carbonyl (C=O) groups excluding carboxylic acids is 2. The maximum Gasteiger partial charge on any atom is 0.311 e. The minimum Gasteiger partial charge on any atom is -0.494 e. The lowest BCUT2D eigenvalue weighted by Crippen LogP contribution is -2.25. The Morgan fingerprint density at radius 3 is 2.56 bits per heavy atom. The van der Waals surface area contributed by atoms with Gasteiger partial charge in [0.2, 0.25) is 0 Å². The lowest BCUT2D eigenvalue weighted by Gasteiger charge is -2.11. The normalized spacial score (nSPS) is 10.7. The van der Waals surface area contributed by atoms with Gasteiger partial charge < -0.3 is 19.5 Å². The molecule has 0 spiro atoms. The van der Waals surface area contributed by atoms with Gasteiger partial charge in [-0.05, 0) is 48.7 Å². The summed E-state index contributed by atoms with van der Waals surface area (Å²) < 4.78 is 16.3. The van der Waals surface area contributed by atoms with Gasteiger partial charge in [-0.2, -0.15) is 5.26 Å². The Hall–Kier alpha value is -3.79. The van der Waals surface area contributed by atoms with Crippen molar-refractivity contribution in [1.29, 1.82) is 5.26 Å². The molecule has 0 aliphatic carbocycles. The van der Waals surface area contributed by atoms with Crippen molar-refractivity contribution in [1.82, 2.24) is 5.32 Å². The molecule has 0 atom stereocenters. The number of nitrogens with zero attached hydrogens (tertiary/aromatic N) is 1. The van der Waals surface area contributed by atoms with Crippen molar-refractivity contribution < 1.29 is 23.8 Å². The Kier molecular flexibility index (Phi) is 10.3. The first-order chi connectivity index (χ1) is 15.6. The molecule has 0 heterocycles. The van der Waals surface area contributed by atoms with Crippen LogP contribution >= 0.6 is 0 Å². The number of hydrogen-bond donors (Lipinski definition) is 1. The van der Waals surface area contributed by atoms with Gasteiger partial charge in [0.25, 0.3) is 5.91 Å². The van der Waals surface area contributed by atoms with E-state index in [9.17, 15) is 14.9 Å². The Balaban J connectivity index is 1.93. The van der Waals surface area contributed by atoms with E-state index >= 15 is 0 Å². The maximum absolute atomic E-state index is 12.2. The second kappa shape index (κ2) is 13.5. The van der Waals surface area contributed by atoms with Crippen LogP contribution in [0.4, 0.5) is 0 Å². The Labute approximate surface area is 188 Å². The third kappa shape index (κ3) is 8.15. The maximum atomic E-state index is 12.2. The molecule has 0 radical (unpaired) electrons. The van der Waals surface area contributed by atoms with Crippen LogP contribution in [-0.2, 0) is 9.59 Å². The molecule has 0 unspecified atom stereocenters. The first-order valence-corrected chi connectivity index (χ1v) is 10.5. The molecule has 1 N–H and O–H groups in total. The summed E-state index contributed by atoms with van der Waals surface area (Å²) in [7, 11) is 1.45. The molecule has 0 aliphatic rings. The molecule has 2 aromatic rings. The minimum atomic E-state index is -0.423. The fraction of sp³-hybridized carbons (Fsp3) is 0.320. The summed E-state index contributed by atoms with van der Waals surface area (Å²) in [4.78, 5) is 24.3. The molecule has 7 heteroatoms. The number of carbonyl (C=O) groups is 2. The third-order valence-corrected chi connectivity index (χ3v) is 4.44. The number of esters is 1. The van der Waals surface area contributed by atoms with Crippen molar-refractivity contribution in [2.24, 2.45) is 0 Å². The largest absolute Gasteiger partial charge is 0.494 e. The summed E-state index contributed by atoms with van der Waals surface area (Å²) in [6.07, 6.45) is 3.96. The van der Waals surface area contributed by atoms with Crippen molar-refractivity contribution in [3.8, 4) is 23.3 Å². The number of para-hydroxylation sites is 1. The first kappa shape index (κ1) is 24.5. The van der Waals surface area contributed by atoms with E-state index < -0.39 is 11.9 Å². The highest BCUT2D eigenvalue weighted by Crippen LogP contribution is 2.29. The smallest absolute Gasteiger partial charge is 0.311 e. The lowest BCUT2D eigenvalue weighted by molar-refractivity contribution is -0.134. The van der Waals surface area contributed by atoms with Crippen LogP contribution in [0.1, 0.15) is 38.2 Å². The molecule has 0 fully saturated rings. The summed E-state index contributed by atoms with van der Waals surface area (Å²) in [5.41, 5.74) is 0.575. The van der Waals surface area contributed by atoms with E-state index in [-0.39, 0.29) is 17.7 Å². The van der Waals surface area contributed by atoms with E-state index in [0.717, 1.165) is 18.6 Å². The Morgan fingerprint density at radius 2 is 1.88 bits per heavy atom. The molecule has 0 aliphatic heterocycles. The monoisotopic (exact) mass is 436 g/mol. The van der Waals surface area contributed by atoms with Crippen molar-refractivity contribution in [2.75, 3.05) is 20.3 Å². The van der Waals surface area contributed by atoms with Gasteiger partial charge in [-0.15, -0.1) is 0 Å². The van der Waals surface area contributed by atoms with E-state index in [1.807, 2.05) is 43.3 Å². The third-order valence-electron chi connectivity index (χ3n) is 4.44. The highest BCUT2D eigenvalue weighted by atomic mass is 16.6. The zero-order chi connectivity index (χ0) is 23.2. The second-order valence-electron chi connectivity index (χ2n) is 6.93. The standard InChI is InChI=1S/C25H28N2O5/c1-3-4-14-27-25(29)20(18-26)16-19-12-13-22(23(17-19)30-2)32-24(28)11-8-15-31-21-9-6-5-7-10-21/h5-7,9-10,12-13,16-17H,3-4,8,11,14-15H2,1-2H3,(H,27,29)/b20-16+. The fourth-order valence-corrected chi connectivity index (χ4v) is 2.74. The van der Waals surface area contributed by atoms with Crippen LogP contribution in [0.3, 0.4) is 0 Å². The number of methoxy groups -OCH3 is 1. The van der Waals surface area contributed by atoms with Gasteiger partial charge >= 0.3 is 5.97 Å². The summed E-state index contributed by atoms with van der Waals surface area (Å²) in [5.74, 6) is 0.521. The Bertz CT molecular complexity index is 964. The van der Waals surface area contributed by atoms with Gasteiger partial charge in [0.1, 0.15) is 17.4 Å².